The number of nitrogens with one attached hydrogen (secondary N) is 2. The predicted octanol–water partition coefficient (Wildman–Crippen LogP) is 2.68. The van der Waals surface area contributed by atoms with Gasteiger partial charge in [-0.25, -0.2) is 12.7 Å². The minimum absolute atomic E-state index is 0.134. The molecular formula is C18H23N3O3S. The van der Waals surface area contributed by atoms with Crippen LogP contribution in [0.3, 0.4) is 0 Å². The zero-order valence-electron chi connectivity index (χ0n) is 14.8. The van der Waals surface area contributed by atoms with Crippen molar-refractivity contribution in [2.75, 3.05) is 24.7 Å². The second-order valence-corrected chi connectivity index (χ2v) is 8.19. The number of anilines is 2. The maximum Gasteiger partial charge on any atom is 0.246 e. The van der Waals surface area contributed by atoms with E-state index in [1.807, 2.05) is 31.2 Å². The Morgan fingerprint density at radius 1 is 1.04 bits per heavy atom. The molecule has 0 spiro atoms. The third-order valence-electron chi connectivity index (χ3n) is 3.71. The molecule has 0 aromatic heterocycles. The van der Waals surface area contributed by atoms with E-state index in [4.69, 9.17) is 0 Å². The van der Waals surface area contributed by atoms with Crippen LogP contribution >= 0.6 is 0 Å². The lowest BCUT2D eigenvalue weighted by molar-refractivity contribution is -0.116. The van der Waals surface area contributed by atoms with Crippen molar-refractivity contribution in [1.29, 1.82) is 0 Å². The second-order valence-electron chi connectivity index (χ2n) is 6.04. The molecule has 2 N–H and O–H groups in total. The van der Waals surface area contributed by atoms with E-state index in [9.17, 15) is 13.2 Å². The summed E-state index contributed by atoms with van der Waals surface area (Å²) in [5.41, 5.74) is 2.42. The van der Waals surface area contributed by atoms with E-state index in [1.165, 1.54) is 26.2 Å². The lowest BCUT2D eigenvalue weighted by atomic mass is 10.2. The summed E-state index contributed by atoms with van der Waals surface area (Å²) in [5.74, 6) is -0.250. The third-order valence-corrected chi connectivity index (χ3v) is 5.52. The number of sulfonamides is 1. The van der Waals surface area contributed by atoms with Gasteiger partial charge >= 0.3 is 0 Å². The highest BCUT2D eigenvalue weighted by molar-refractivity contribution is 7.89. The number of nitrogens with zero attached hydrogens (tertiary/aromatic N) is 1. The molecular weight excluding hydrogens is 338 g/mol. The summed E-state index contributed by atoms with van der Waals surface area (Å²) in [6, 6.07) is 13.5. The number of hydrogen-bond acceptors (Lipinski definition) is 4. The Kier molecular flexibility index (Phi) is 5.81. The van der Waals surface area contributed by atoms with Gasteiger partial charge in [0.1, 0.15) is 6.04 Å². The Morgan fingerprint density at radius 3 is 2.28 bits per heavy atom. The minimum atomic E-state index is -3.54. The fourth-order valence-corrected chi connectivity index (χ4v) is 3.11. The molecule has 0 heterocycles. The molecule has 0 radical (unpaired) electrons. The van der Waals surface area contributed by atoms with Crippen LogP contribution in [0.5, 0.6) is 0 Å². The van der Waals surface area contributed by atoms with Crippen LogP contribution in [0.1, 0.15) is 12.5 Å². The van der Waals surface area contributed by atoms with Gasteiger partial charge in [0.25, 0.3) is 0 Å². The quantitative estimate of drug-likeness (QED) is 0.829. The molecule has 0 aliphatic heterocycles. The first-order valence-electron chi connectivity index (χ1n) is 7.87. The first-order chi connectivity index (χ1) is 11.7. The molecule has 1 amide bonds. The number of hydrogen-bond donors (Lipinski definition) is 2. The first kappa shape index (κ1) is 19.0. The van der Waals surface area contributed by atoms with Crippen molar-refractivity contribution in [2.45, 2.75) is 24.8 Å². The summed E-state index contributed by atoms with van der Waals surface area (Å²) in [4.78, 5) is 12.5. The van der Waals surface area contributed by atoms with Gasteiger partial charge in [-0.15, -0.1) is 0 Å². The van der Waals surface area contributed by atoms with Crippen LogP contribution in [0, 0.1) is 6.92 Å². The predicted molar refractivity (Wildman–Crippen MR) is 100 cm³/mol. The number of rotatable bonds is 6. The molecule has 0 saturated heterocycles. The van der Waals surface area contributed by atoms with Crippen molar-refractivity contribution in [3.8, 4) is 0 Å². The van der Waals surface area contributed by atoms with Gasteiger partial charge in [-0.05, 0) is 44.2 Å². The van der Waals surface area contributed by atoms with Gasteiger partial charge in [0, 0.05) is 25.5 Å². The van der Waals surface area contributed by atoms with E-state index < -0.39 is 16.1 Å². The van der Waals surface area contributed by atoms with Crippen LogP contribution in [0.2, 0.25) is 0 Å². The zero-order valence-corrected chi connectivity index (χ0v) is 15.6. The fraction of sp³-hybridized carbons (Fsp3) is 0.278. The van der Waals surface area contributed by atoms with Crippen LogP contribution < -0.4 is 10.6 Å². The Morgan fingerprint density at radius 2 is 1.68 bits per heavy atom. The Balaban J connectivity index is 2.08. The molecule has 0 aliphatic rings. The van der Waals surface area contributed by atoms with Gasteiger partial charge < -0.3 is 10.6 Å². The number of aryl methyl sites for hydroxylation is 1. The van der Waals surface area contributed by atoms with Gasteiger partial charge in [0.15, 0.2) is 0 Å². The molecule has 0 fully saturated rings. The highest BCUT2D eigenvalue weighted by atomic mass is 32.2. The number of carbonyl (C=O) groups is 1. The monoisotopic (exact) mass is 361 g/mol. The van der Waals surface area contributed by atoms with Gasteiger partial charge in [-0.1, -0.05) is 23.8 Å². The highest BCUT2D eigenvalue weighted by Gasteiger charge is 2.18. The molecule has 2 rings (SSSR count). The summed E-state index contributed by atoms with van der Waals surface area (Å²) in [5, 5.41) is 5.85. The van der Waals surface area contributed by atoms with Crippen LogP contribution in [0.25, 0.3) is 0 Å². The van der Waals surface area contributed by atoms with E-state index in [0.29, 0.717) is 5.69 Å². The Hall–Kier alpha value is -2.38. The smallest absolute Gasteiger partial charge is 0.246 e. The Bertz CT molecular complexity index is 846. The van der Waals surface area contributed by atoms with Crippen molar-refractivity contribution in [1.82, 2.24) is 4.31 Å². The lowest BCUT2D eigenvalue weighted by Crippen LogP contribution is -2.32. The lowest BCUT2D eigenvalue weighted by Gasteiger charge is -2.16. The molecule has 0 unspecified atom stereocenters. The summed E-state index contributed by atoms with van der Waals surface area (Å²) < 4.78 is 25.5. The molecule has 0 bridgehead atoms. The maximum absolute atomic E-state index is 12.3. The van der Waals surface area contributed by atoms with Gasteiger partial charge in [0.05, 0.1) is 4.90 Å². The minimum Gasteiger partial charge on any atom is -0.374 e. The standard InChI is InChI=1S/C18H23N3O3S/c1-13-8-10-15(11-9-13)19-14(2)18(22)20-16-6-5-7-17(12-16)25(23,24)21(3)4/h5-12,14,19H,1-4H3,(H,20,22)/t14-/m1/s1. The molecule has 134 valence electrons. The first-order valence-corrected chi connectivity index (χ1v) is 9.31. The summed E-state index contributed by atoms with van der Waals surface area (Å²) in [6.07, 6.45) is 0. The summed E-state index contributed by atoms with van der Waals surface area (Å²) >= 11 is 0. The van der Waals surface area contributed by atoms with Crippen molar-refractivity contribution >= 4 is 27.3 Å². The molecule has 1 atom stereocenters. The van der Waals surface area contributed by atoms with Crippen LogP contribution in [0.4, 0.5) is 11.4 Å². The normalized spacial score (nSPS) is 12.7. The maximum atomic E-state index is 12.3. The highest BCUT2D eigenvalue weighted by Crippen LogP contribution is 2.18. The molecule has 25 heavy (non-hydrogen) atoms. The summed E-state index contributed by atoms with van der Waals surface area (Å²) in [6.45, 7) is 3.74. The van der Waals surface area contributed by atoms with Crippen LogP contribution in [-0.2, 0) is 14.8 Å². The van der Waals surface area contributed by atoms with Crippen LogP contribution in [0.15, 0.2) is 53.4 Å². The van der Waals surface area contributed by atoms with Crippen molar-refractivity contribution < 1.29 is 13.2 Å². The second kappa shape index (κ2) is 7.67. The fourth-order valence-electron chi connectivity index (χ4n) is 2.16. The van der Waals surface area contributed by atoms with Crippen molar-refractivity contribution in [3.05, 3.63) is 54.1 Å². The van der Waals surface area contributed by atoms with E-state index >= 15 is 0 Å². The Labute approximate surface area is 148 Å². The average molecular weight is 361 g/mol. The van der Waals surface area contributed by atoms with Gasteiger partial charge in [0.2, 0.25) is 15.9 Å². The molecule has 2 aromatic rings. The largest absolute Gasteiger partial charge is 0.374 e. The number of benzene rings is 2. The molecule has 6 nitrogen and oxygen atoms in total. The molecule has 2 aromatic carbocycles. The van der Waals surface area contributed by atoms with Crippen LogP contribution in [-0.4, -0.2) is 38.8 Å². The van der Waals surface area contributed by atoms with E-state index in [0.717, 1.165) is 15.6 Å². The average Bonchev–Trinajstić information content (AvgIpc) is 2.57. The van der Waals surface area contributed by atoms with Crippen molar-refractivity contribution in [3.63, 3.8) is 0 Å². The third kappa shape index (κ3) is 4.80. The topological polar surface area (TPSA) is 78.5 Å². The molecule has 7 heteroatoms. The van der Waals surface area contributed by atoms with E-state index in [1.54, 1.807) is 19.1 Å². The summed E-state index contributed by atoms with van der Waals surface area (Å²) in [7, 11) is -0.609. The van der Waals surface area contributed by atoms with Gasteiger partial charge in [-0.3, -0.25) is 4.79 Å². The zero-order chi connectivity index (χ0) is 18.6. The SMILES string of the molecule is Cc1ccc(N[C@H](C)C(=O)Nc2cccc(S(=O)(=O)N(C)C)c2)cc1. The van der Waals surface area contributed by atoms with E-state index in [-0.39, 0.29) is 10.8 Å². The number of carbonyl (C=O) groups excluding carboxylic acids is 1. The number of amides is 1. The molecule has 0 aliphatic carbocycles. The van der Waals surface area contributed by atoms with Crippen molar-refractivity contribution in [2.24, 2.45) is 0 Å². The van der Waals surface area contributed by atoms with Gasteiger partial charge in [-0.2, -0.15) is 0 Å². The van der Waals surface area contributed by atoms with E-state index in [2.05, 4.69) is 10.6 Å². The molecule has 0 saturated carbocycles.